The maximum atomic E-state index is 6.08. The lowest BCUT2D eigenvalue weighted by Gasteiger charge is -2.17. The molecule has 0 fully saturated rings. The van der Waals surface area contributed by atoms with Crippen molar-refractivity contribution in [2.75, 3.05) is 19.8 Å². The van der Waals surface area contributed by atoms with Gasteiger partial charge in [0.15, 0.2) is 0 Å². The Kier molecular flexibility index (Phi) is 25.9. The van der Waals surface area contributed by atoms with Crippen LogP contribution in [0.15, 0.2) is 0 Å². The van der Waals surface area contributed by atoms with Gasteiger partial charge in [-0.25, -0.2) is 0 Å². The Bertz CT molecular complexity index is 280. The summed E-state index contributed by atoms with van der Waals surface area (Å²) in [4.78, 5) is 0. The fourth-order valence-corrected chi connectivity index (χ4v) is 3.96. The predicted molar refractivity (Wildman–Crippen MR) is 130 cm³/mol. The highest BCUT2D eigenvalue weighted by atomic mass is 16.5. The molecule has 0 rings (SSSR count). The molecule has 176 valence electrons. The molecule has 0 saturated carbocycles. The van der Waals surface area contributed by atoms with Crippen LogP contribution in [0.2, 0.25) is 0 Å². The summed E-state index contributed by atoms with van der Waals surface area (Å²) in [5.74, 6) is 0. The van der Waals surface area contributed by atoms with Crippen LogP contribution in [0.4, 0.5) is 0 Å². The number of unbranched alkanes of at least 4 members (excludes halogenated alkanes) is 15. The van der Waals surface area contributed by atoms with Gasteiger partial charge in [-0.2, -0.15) is 0 Å². The van der Waals surface area contributed by atoms with Crippen LogP contribution in [0, 0.1) is 0 Å². The van der Waals surface area contributed by atoms with Crippen molar-refractivity contribution in [3.8, 4) is 0 Å². The smallest absolute Gasteiger partial charge is 0.0704 e. The van der Waals surface area contributed by atoms with Crippen molar-refractivity contribution in [1.29, 1.82) is 0 Å². The van der Waals surface area contributed by atoms with Crippen LogP contribution >= 0.6 is 0 Å². The molecule has 0 aliphatic carbocycles. The van der Waals surface area contributed by atoms with Crippen molar-refractivity contribution >= 4 is 0 Å². The fraction of sp³-hybridized carbons (Fsp3) is 1.00. The minimum absolute atomic E-state index is 0.460. The van der Waals surface area contributed by atoms with Crippen LogP contribution in [-0.4, -0.2) is 25.9 Å². The zero-order valence-corrected chi connectivity index (χ0v) is 20.7. The molecule has 0 amide bonds. The quantitative estimate of drug-likeness (QED) is 0.139. The number of ether oxygens (including phenoxy) is 2. The van der Waals surface area contributed by atoms with Crippen LogP contribution in [0.25, 0.3) is 0 Å². The largest absolute Gasteiger partial charge is 0.379 e. The van der Waals surface area contributed by atoms with Gasteiger partial charge < -0.3 is 9.47 Å². The van der Waals surface area contributed by atoms with Crippen molar-refractivity contribution in [1.82, 2.24) is 0 Å². The molecule has 0 aromatic carbocycles. The third-order valence-corrected chi connectivity index (χ3v) is 5.98. The Balaban J connectivity index is 3.28. The summed E-state index contributed by atoms with van der Waals surface area (Å²) in [6.45, 7) is 9.29. The molecule has 2 nitrogen and oxygen atoms in total. The summed E-state index contributed by atoms with van der Waals surface area (Å²) >= 11 is 0. The highest BCUT2D eigenvalue weighted by molar-refractivity contribution is 4.59. The van der Waals surface area contributed by atoms with Crippen LogP contribution < -0.4 is 0 Å². The normalized spacial score (nSPS) is 12.5. The number of hydrogen-bond donors (Lipinski definition) is 0. The van der Waals surface area contributed by atoms with E-state index in [1.807, 2.05) is 0 Å². The highest BCUT2D eigenvalue weighted by Crippen LogP contribution is 2.14. The topological polar surface area (TPSA) is 18.5 Å². The third-order valence-electron chi connectivity index (χ3n) is 5.98. The molecule has 0 radical (unpaired) electrons. The molecule has 0 aromatic rings. The first-order valence-corrected chi connectivity index (χ1v) is 13.5. The van der Waals surface area contributed by atoms with Crippen LogP contribution in [-0.2, 0) is 9.47 Å². The first-order chi connectivity index (χ1) is 14.3. The number of hydrogen-bond acceptors (Lipinski definition) is 2. The molecular weight excluding hydrogens is 356 g/mol. The van der Waals surface area contributed by atoms with Gasteiger partial charge in [-0.15, -0.1) is 0 Å². The standard InChI is InChI=1S/C27H56O2/c1-4-7-10-11-12-13-14-15-16-17-18-19-21-24-28-25-26-29-27(22-9-6-3)23-20-8-5-2/h27H,4-26H2,1-3H3. The van der Waals surface area contributed by atoms with Gasteiger partial charge in [0.05, 0.1) is 19.3 Å². The first-order valence-electron chi connectivity index (χ1n) is 13.5. The molecule has 29 heavy (non-hydrogen) atoms. The monoisotopic (exact) mass is 412 g/mol. The average Bonchev–Trinajstić information content (AvgIpc) is 2.73. The molecule has 0 aliphatic rings. The van der Waals surface area contributed by atoms with Gasteiger partial charge in [-0.05, 0) is 19.3 Å². The summed E-state index contributed by atoms with van der Waals surface area (Å²) in [6, 6.07) is 0. The minimum atomic E-state index is 0.460. The van der Waals surface area contributed by atoms with Crippen LogP contribution in [0.3, 0.4) is 0 Å². The molecule has 0 heterocycles. The second kappa shape index (κ2) is 26.0. The second-order valence-corrected chi connectivity index (χ2v) is 8.99. The molecule has 0 bridgehead atoms. The lowest BCUT2D eigenvalue weighted by atomic mass is 10.0. The van der Waals surface area contributed by atoms with E-state index in [4.69, 9.17) is 9.47 Å². The summed E-state index contributed by atoms with van der Waals surface area (Å²) in [5.41, 5.74) is 0. The average molecular weight is 413 g/mol. The molecule has 0 saturated heterocycles. The van der Waals surface area contributed by atoms with E-state index < -0.39 is 0 Å². The van der Waals surface area contributed by atoms with Gasteiger partial charge in [0.2, 0.25) is 0 Å². The van der Waals surface area contributed by atoms with Crippen LogP contribution in [0.5, 0.6) is 0 Å². The maximum absolute atomic E-state index is 6.08. The second-order valence-electron chi connectivity index (χ2n) is 8.99. The number of rotatable bonds is 25. The summed E-state index contributed by atoms with van der Waals surface area (Å²) < 4.78 is 11.9. The SMILES string of the molecule is CCCCCCCCCCCCCCCOCCOC(CCCC)CCCCC. The van der Waals surface area contributed by atoms with Gasteiger partial charge in [-0.3, -0.25) is 0 Å². The Morgan fingerprint density at radius 2 is 0.862 bits per heavy atom. The Morgan fingerprint density at radius 3 is 1.41 bits per heavy atom. The van der Waals surface area contributed by atoms with Crippen molar-refractivity contribution in [2.45, 2.75) is 155 Å². The van der Waals surface area contributed by atoms with Crippen molar-refractivity contribution in [3.63, 3.8) is 0 Å². The molecular formula is C27H56O2. The van der Waals surface area contributed by atoms with E-state index in [1.54, 1.807) is 0 Å². The predicted octanol–water partition coefficient (Wildman–Crippen LogP) is 9.25. The summed E-state index contributed by atoms with van der Waals surface area (Å²) in [6.07, 6.45) is 27.7. The lowest BCUT2D eigenvalue weighted by Crippen LogP contribution is -2.16. The Morgan fingerprint density at radius 1 is 0.414 bits per heavy atom. The van der Waals surface area contributed by atoms with E-state index in [1.165, 1.54) is 128 Å². The van der Waals surface area contributed by atoms with Gasteiger partial charge in [0, 0.05) is 6.61 Å². The minimum Gasteiger partial charge on any atom is -0.379 e. The van der Waals surface area contributed by atoms with Crippen molar-refractivity contribution in [3.05, 3.63) is 0 Å². The van der Waals surface area contributed by atoms with Crippen molar-refractivity contribution < 1.29 is 9.47 Å². The van der Waals surface area contributed by atoms with Crippen molar-refractivity contribution in [2.24, 2.45) is 0 Å². The van der Waals surface area contributed by atoms with E-state index in [0.29, 0.717) is 6.10 Å². The fourth-order valence-electron chi connectivity index (χ4n) is 3.96. The first kappa shape index (κ1) is 28.9. The van der Waals surface area contributed by atoms with E-state index >= 15 is 0 Å². The van der Waals surface area contributed by atoms with E-state index in [2.05, 4.69) is 20.8 Å². The Hall–Kier alpha value is -0.0800. The molecule has 0 spiro atoms. The van der Waals surface area contributed by atoms with Gasteiger partial charge in [0.1, 0.15) is 0 Å². The zero-order chi connectivity index (χ0) is 21.3. The maximum Gasteiger partial charge on any atom is 0.0704 e. The van der Waals surface area contributed by atoms with E-state index in [9.17, 15) is 0 Å². The van der Waals surface area contributed by atoms with E-state index in [0.717, 1.165) is 19.8 Å². The summed E-state index contributed by atoms with van der Waals surface area (Å²) in [5, 5.41) is 0. The molecule has 0 aromatic heterocycles. The zero-order valence-electron chi connectivity index (χ0n) is 20.7. The van der Waals surface area contributed by atoms with Gasteiger partial charge in [0.25, 0.3) is 0 Å². The molecule has 1 unspecified atom stereocenters. The molecule has 0 N–H and O–H groups in total. The lowest BCUT2D eigenvalue weighted by molar-refractivity contribution is -0.00447. The summed E-state index contributed by atoms with van der Waals surface area (Å²) in [7, 11) is 0. The molecule has 0 aliphatic heterocycles. The van der Waals surface area contributed by atoms with Crippen LogP contribution in [0.1, 0.15) is 149 Å². The molecule has 1 atom stereocenters. The highest BCUT2D eigenvalue weighted by Gasteiger charge is 2.08. The van der Waals surface area contributed by atoms with Gasteiger partial charge in [-0.1, -0.05) is 130 Å². The van der Waals surface area contributed by atoms with Gasteiger partial charge >= 0.3 is 0 Å². The third kappa shape index (κ3) is 24.1. The Labute approximate surface area is 184 Å². The van der Waals surface area contributed by atoms with E-state index in [-0.39, 0.29) is 0 Å². The molecule has 2 heteroatoms.